The van der Waals surface area contributed by atoms with Crippen molar-refractivity contribution in [2.75, 3.05) is 11.9 Å². The summed E-state index contributed by atoms with van der Waals surface area (Å²) in [5, 5.41) is 10.3. The molecule has 0 saturated carbocycles. The molecule has 0 saturated heterocycles. The number of nitrogens with zero attached hydrogens (tertiary/aromatic N) is 3. The molecular formula is C12H6Cl2N4O3S. The zero-order valence-electron chi connectivity index (χ0n) is 10.7. The Kier molecular flexibility index (Phi) is 3.81. The summed E-state index contributed by atoms with van der Waals surface area (Å²) in [4.78, 5) is 37.1. The summed E-state index contributed by atoms with van der Waals surface area (Å²) < 4.78 is 0. The highest BCUT2D eigenvalue weighted by molar-refractivity contribution is 7.13. The Morgan fingerprint density at radius 3 is 2.27 bits per heavy atom. The fourth-order valence-electron chi connectivity index (χ4n) is 1.96. The van der Waals surface area contributed by atoms with Crippen molar-refractivity contribution in [2.24, 2.45) is 0 Å². The van der Waals surface area contributed by atoms with Crippen LogP contribution in [0.4, 0.5) is 5.13 Å². The molecule has 0 aliphatic carbocycles. The Bertz CT molecular complexity index is 753. The van der Waals surface area contributed by atoms with E-state index in [1.165, 1.54) is 17.6 Å². The molecule has 0 radical (unpaired) electrons. The molecule has 0 unspecified atom stereocenters. The van der Waals surface area contributed by atoms with Gasteiger partial charge in [0.1, 0.15) is 12.1 Å². The molecule has 1 aliphatic heterocycles. The number of rotatable bonds is 3. The number of carbonyl (C=O) groups excluding carboxylic acids is 3. The van der Waals surface area contributed by atoms with E-state index in [9.17, 15) is 14.4 Å². The third kappa shape index (κ3) is 2.56. The van der Waals surface area contributed by atoms with Gasteiger partial charge in [-0.2, -0.15) is 0 Å². The predicted molar refractivity (Wildman–Crippen MR) is 80.4 cm³/mol. The van der Waals surface area contributed by atoms with E-state index < -0.39 is 24.3 Å². The van der Waals surface area contributed by atoms with Gasteiger partial charge in [0.2, 0.25) is 11.0 Å². The SMILES string of the molecule is O=C(CN1C(=O)c2cc(Cl)c(Cl)cc2C1=O)Nc1nncs1. The van der Waals surface area contributed by atoms with Crippen molar-refractivity contribution in [1.82, 2.24) is 15.1 Å². The lowest BCUT2D eigenvalue weighted by Gasteiger charge is -2.12. The fraction of sp³-hybridized carbons (Fsp3) is 0.0833. The van der Waals surface area contributed by atoms with Gasteiger partial charge in [-0.3, -0.25) is 24.6 Å². The van der Waals surface area contributed by atoms with Gasteiger partial charge in [0.15, 0.2) is 0 Å². The number of fused-ring (bicyclic) bond motifs is 1. The van der Waals surface area contributed by atoms with Crippen molar-refractivity contribution < 1.29 is 14.4 Å². The van der Waals surface area contributed by atoms with Crippen molar-refractivity contribution in [3.05, 3.63) is 38.8 Å². The second-order valence-electron chi connectivity index (χ2n) is 4.30. The van der Waals surface area contributed by atoms with Gasteiger partial charge in [0.25, 0.3) is 11.8 Å². The topological polar surface area (TPSA) is 92.3 Å². The summed E-state index contributed by atoms with van der Waals surface area (Å²) in [6, 6.07) is 2.64. The highest BCUT2D eigenvalue weighted by atomic mass is 35.5. The van der Waals surface area contributed by atoms with Gasteiger partial charge in [-0.15, -0.1) is 10.2 Å². The first-order chi connectivity index (χ1) is 10.5. The number of halogens is 2. The number of benzene rings is 1. The summed E-state index contributed by atoms with van der Waals surface area (Å²) in [5.74, 6) is -1.74. The number of anilines is 1. The molecule has 3 rings (SSSR count). The van der Waals surface area contributed by atoms with E-state index in [1.807, 2.05) is 0 Å². The molecule has 1 aromatic carbocycles. The number of hydrogen-bond acceptors (Lipinski definition) is 6. The molecule has 1 aromatic heterocycles. The monoisotopic (exact) mass is 356 g/mol. The fourth-order valence-corrected chi connectivity index (χ4v) is 2.75. The number of hydrogen-bond donors (Lipinski definition) is 1. The highest BCUT2D eigenvalue weighted by Crippen LogP contribution is 2.31. The quantitative estimate of drug-likeness (QED) is 0.849. The molecule has 1 N–H and O–H groups in total. The number of imide groups is 1. The first-order valence-electron chi connectivity index (χ1n) is 5.88. The molecule has 2 heterocycles. The minimum Gasteiger partial charge on any atom is -0.299 e. The molecule has 0 fully saturated rings. The molecular weight excluding hydrogens is 351 g/mol. The summed E-state index contributed by atoms with van der Waals surface area (Å²) >= 11 is 12.8. The Morgan fingerprint density at radius 1 is 1.18 bits per heavy atom. The van der Waals surface area contributed by atoms with Crippen LogP contribution in [-0.2, 0) is 4.79 Å². The van der Waals surface area contributed by atoms with Crippen LogP contribution in [0.2, 0.25) is 10.0 Å². The van der Waals surface area contributed by atoms with E-state index in [1.54, 1.807) is 0 Å². The van der Waals surface area contributed by atoms with E-state index >= 15 is 0 Å². The molecule has 22 heavy (non-hydrogen) atoms. The molecule has 112 valence electrons. The summed E-state index contributed by atoms with van der Waals surface area (Å²) in [5.41, 5.74) is 1.70. The lowest BCUT2D eigenvalue weighted by molar-refractivity contribution is -0.116. The molecule has 7 nitrogen and oxygen atoms in total. The molecule has 0 bridgehead atoms. The lowest BCUT2D eigenvalue weighted by atomic mass is 10.1. The van der Waals surface area contributed by atoms with Crippen molar-refractivity contribution in [2.45, 2.75) is 0 Å². The van der Waals surface area contributed by atoms with Crippen molar-refractivity contribution >= 4 is 57.4 Å². The smallest absolute Gasteiger partial charge is 0.262 e. The van der Waals surface area contributed by atoms with Gasteiger partial charge in [-0.05, 0) is 12.1 Å². The minimum absolute atomic E-state index is 0.128. The lowest BCUT2D eigenvalue weighted by Crippen LogP contribution is -2.37. The zero-order valence-corrected chi connectivity index (χ0v) is 13.0. The van der Waals surface area contributed by atoms with Gasteiger partial charge in [0.05, 0.1) is 21.2 Å². The highest BCUT2D eigenvalue weighted by Gasteiger charge is 2.37. The third-order valence-corrected chi connectivity index (χ3v) is 4.25. The van der Waals surface area contributed by atoms with Gasteiger partial charge >= 0.3 is 0 Å². The van der Waals surface area contributed by atoms with Crippen molar-refractivity contribution in [1.29, 1.82) is 0 Å². The molecule has 0 spiro atoms. The van der Waals surface area contributed by atoms with E-state index in [0.717, 1.165) is 16.2 Å². The number of amides is 3. The number of nitrogens with one attached hydrogen (secondary N) is 1. The van der Waals surface area contributed by atoms with E-state index in [2.05, 4.69) is 15.5 Å². The minimum atomic E-state index is -0.592. The van der Waals surface area contributed by atoms with Crippen LogP contribution in [0.1, 0.15) is 20.7 Å². The van der Waals surface area contributed by atoms with Crippen molar-refractivity contribution in [3.8, 4) is 0 Å². The van der Waals surface area contributed by atoms with Crippen LogP contribution in [0.25, 0.3) is 0 Å². The second-order valence-corrected chi connectivity index (χ2v) is 5.95. The third-order valence-electron chi connectivity index (χ3n) is 2.92. The van der Waals surface area contributed by atoms with Gasteiger partial charge in [-0.1, -0.05) is 34.5 Å². The molecule has 3 amide bonds. The standard InChI is InChI=1S/C12H6Cl2N4O3S/c13-7-1-5-6(2-8(7)14)11(21)18(10(5)20)3-9(19)16-12-17-15-4-22-12/h1-2,4H,3H2,(H,16,17,19). The first kappa shape index (κ1) is 14.9. The Balaban J connectivity index is 1.80. The molecule has 2 aromatic rings. The van der Waals surface area contributed by atoms with Crippen LogP contribution in [0.3, 0.4) is 0 Å². The number of carbonyl (C=O) groups is 3. The molecule has 0 atom stereocenters. The van der Waals surface area contributed by atoms with Crippen LogP contribution < -0.4 is 5.32 Å². The van der Waals surface area contributed by atoms with Crippen LogP contribution in [0.15, 0.2) is 17.6 Å². The van der Waals surface area contributed by atoms with Crippen LogP contribution in [0, 0.1) is 0 Å². The Morgan fingerprint density at radius 2 is 1.77 bits per heavy atom. The molecule has 10 heteroatoms. The largest absolute Gasteiger partial charge is 0.299 e. The van der Waals surface area contributed by atoms with Crippen LogP contribution in [0.5, 0.6) is 0 Å². The zero-order chi connectivity index (χ0) is 15.9. The van der Waals surface area contributed by atoms with E-state index in [4.69, 9.17) is 23.2 Å². The second kappa shape index (κ2) is 5.64. The maximum absolute atomic E-state index is 12.2. The predicted octanol–water partition coefficient (Wildman–Crippen LogP) is 2.08. The average Bonchev–Trinajstić information content (AvgIpc) is 3.04. The van der Waals surface area contributed by atoms with Gasteiger partial charge in [0, 0.05) is 0 Å². The van der Waals surface area contributed by atoms with E-state index in [-0.39, 0.29) is 26.3 Å². The van der Waals surface area contributed by atoms with E-state index in [0.29, 0.717) is 0 Å². The van der Waals surface area contributed by atoms with Crippen LogP contribution >= 0.6 is 34.5 Å². The molecule has 1 aliphatic rings. The normalized spacial score (nSPS) is 13.5. The summed E-state index contributed by atoms with van der Waals surface area (Å²) in [6.07, 6.45) is 0. The Labute approximate surface area is 137 Å². The first-order valence-corrected chi connectivity index (χ1v) is 7.52. The van der Waals surface area contributed by atoms with Gasteiger partial charge < -0.3 is 0 Å². The maximum atomic E-state index is 12.2. The average molecular weight is 357 g/mol. The van der Waals surface area contributed by atoms with Crippen molar-refractivity contribution in [3.63, 3.8) is 0 Å². The Hall–Kier alpha value is -2.03. The van der Waals surface area contributed by atoms with Gasteiger partial charge in [-0.25, -0.2) is 0 Å². The summed E-state index contributed by atoms with van der Waals surface area (Å²) in [6.45, 7) is -0.429. The van der Waals surface area contributed by atoms with Crippen LogP contribution in [-0.4, -0.2) is 39.4 Å². The summed E-state index contributed by atoms with van der Waals surface area (Å²) in [7, 11) is 0. The maximum Gasteiger partial charge on any atom is 0.262 e. The number of aromatic nitrogens is 2.